The lowest BCUT2D eigenvalue weighted by Crippen LogP contribution is -2.55. The van der Waals surface area contributed by atoms with Gasteiger partial charge in [0.1, 0.15) is 0 Å². The van der Waals surface area contributed by atoms with E-state index in [2.05, 4.69) is 6.26 Å². The van der Waals surface area contributed by atoms with Crippen molar-refractivity contribution in [3.63, 3.8) is 0 Å². The van der Waals surface area contributed by atoms with Gasteiger partial charge in [-0.15, -0.1) is 0 Å². The number of hydrogen-bond donors (Lipinski definition) is 0. The van der Waals surface area contributed by atoms with E-state index in [0.717, 1.165) is 26.4 Å². The van der Waals surface area contributed by atoms with Crippen molar-refractivity contribution in [3.8, 4) is 0 Å². The Balaban J connectivity index is 1.58. The molecule has 3 rings (SSSR count). The quantitative estimate of drug-likeness (QED) is 0.294. The number of aromatic nitrogens is 3. The Labute approximate surface area is 176 Å². The summed E-state index contributed by atoms with van der Waals surface area (Å²) in [5.74, 6) is 5.42. The van der Waals surface area contributed by atoms with E-state index in [-0.39, 0.29) is 25.3 Å². The van der Waals surface area contributed by atoms with E-state index in [1.807, 2.05) is 35.3 Å². The van der Waals surface area contributed by atoms with Gasteiger partial charge in [0.05, 0.1) is 38.5 Å². The van der Waals surface area contributed by atoms with Crippen molar-refractivity contribution in [2.45, 2.75) is 38.3 Å². The van der Waals surface area contributed by atoms with Gasteiger partial charge >= 0.3 is 17.1 Å². The minimum absolute atomic E-state index is 0.110. The molecule has 2 unspecified atom stereocenters. The molecule has 0 saturated carbocycles. The van der Waals surface area contributed by atoms with Gasteiger partial charge in [-0.3, -0.25) is 0 Å². The molecule has 0 bridgehead atoms. The summed E-state index contributed by atoms with van der Waals surface area (Å²) in [5.41, 5.74) is -1.62. The highest BCUT2D eigenvalue weighted by Crippen LogP contribution is 2.11. The molecule has 8 nitrogen and oxygen atoms in total. The van der Waals surface area contributed by atoms with E-state index in [0.29, 0.717) is 26.2 Å². The van der Waals surface area contributed by atoms with Gasteiger partial charge in [-0.2, -0.15) is 35.3 Å². The van der Waals surface area contributed by atoms with Crippen molar-refractivity contribution in [1.29, 1.82) is 0 Å². The van der Waals surface area contributed by atoms with Crippen LogP contribution in [0.1, 0.15) is 6.42 Å². The van der Waals surface area contributed by atoms with Gasteiger partial charge in [0.2, 0.25) is 0 Å². The van der Waals surface area contributed by atoms with E-state index in [1.165, 1.54) is 16.1 Å². The first-order valence-corrected chi connectivity index (χ1v) is 13.1. The molecule has 2 saturated heterocycles. The van der Waals surface area contributed by atoms with Crippen LogP contribution in [0.25, 0.3) is 0 Å². The minimum atomic E-state index is -0.561. The summed E-state index contributed by atoms with van der Waals surface area (Å²) in [7, 11) is 0. The number of epoxide rings is 2. The molecular formula is C17H27N3O5S3. The van der Waals surface area contributed by atoms with Gasteiger partial charge in [0.15, 0.2) is 0 Å². The second kappa shape index (κ2) is 11.0. The molecule has 2 atom stereocenters. The lowest BCUT2D eigenvalue weighted by Gasteiger charge is -2.13. The highest BCUT2D eigenvalue weighted by atomic mass is 32.2. The molecule has 0 spiro atoms. The third kappa shape index (κ3) is 6.45. The average Bonchev–Trinajstić information content (AvgIpc) is 3.59. The molecule has 11 heteroatoms. The zero-order valence-corrected chi connectivity index (χ0v) is 18.5. The van der Waals surface area contributed by atoms with E-state index in [9.17, 15) is 14.4 Å². The largest absolute Gasteiger partial charge is 0.371 e. The molecule has 158 valence electrons. The Morgan fingerprint density at radius 2 is 1.25 bits per heavy atom. The van der Waals surface area contributed by atoms with Gasteiger partial charge in [-0.25, -0.2) is 28.1 Å². The molecule has 2 aliphatic heterocycles. The van der Waals surface area contributed by atoms with Gasteiger partial charge < -0.3 is 9.47 Å². The summed E-state index contributed by atoms with van der Waals surface area (Å²) in [6, 6.07) is 0. The maximum atomic E-state index is 12.7. The van der Waals surface area contributed by atoms with Gasteiger partial charge in [0, 0.05) is 29.6 Å². The summed E-state index contributed by atoms with van der Waals surface area (Å²) in [4.78, 5) is 38.0. The van der Waals surface area contributed by atoms with Crippen LogP contribution in [0.4, 0.5) is 0 Å². The van der Waals surface area contributed by atoms with Crippen LogP contribution in [-0.4, -0.2) is 74.1 Å². The van der Waals surface area contributed by atoms with Crippen LogP contribution in [0.5, 0.6) is 0 Å². The normalized spacial score (nSPS) is 20.5. The fourth-order valence-corrected chi connectivity index (χ4v) is 5.55. The Morgan fingerprint density at radius 1 is 0.786 bits per heavy atom. The SMILES string of the molecule is CSCCSCCSCCCn1c(=O)n(CC2CO2)c(=O)n(CC2CO2)c1=O. The third-order valence-electron chi connectivity index (χ3n) is 4.44. The van der Waals surface area contributed by atoms with Gasteiger partial charge in [-0.05, 0) is 18.4 Å². The van der Waals surface area contributed by atoms with Crippen LogP contribution < -0.4 is 17.1 Å². The monoisotopic (exact) mass is 449 g/mol. The Morgan fingerprint density at radius 3 is 1.75 bits per heavy atom. The molecule has 3 heterocycles. The number of nitrogens with zero attached hydrogens (tertiary/aromatic N) is 3. The first kappa shape index (κ1) is 22.1. The standard InChI is InChI=1S/C17H27N3O5S3/c1-26-5-6-28-8-7-27-4-2-3-18-15(21)19(9-13-11-24-13)17(23)20(16(18)22)10-14-12-25-14/h13-14H,2-12H2,1H3. The summed E-state index contributed by atoms with van der Waals surface area (Å²) in [6.07, 6.45) is 2.61. The lowest BCUT2D eigenvalue weighted by molar-refractivity contribution is 0.340. The van der Waals surface area contributed by atoms with E-state index < -0.39 is 17.1 Å². The van der Waals surface area contributed by atoms with Crippen molar-refractivity contribution < 1.29 is 9.47 Å². The molecule has 0 aliphatic carbocycles. The number of hydrogen-bond acceptors (Lipinski definition) is 8. The van der Waals surface area contributed by atoms with Crippen LogP contribution in [0.3, 0.4) is 0 Å². The molecule has 1 aromatic rings. The summed E-state index contributed by atoms with van der Waals surface area (Å²) < 4.78 is 13.8. The Bertz CT molecular complexity index is 761. The Hall–Kier alpha value is -0.620. The van der Waals surface area contributed by atoms with E-state index >= 15 is 0 Å². The molecule has 28 heavy (non-hydrogen) atoms. The predicted octanol–water partition coefficient (Wildman–Crippen LogP) is 0.189. The number of thioether (sulfide) groups is 3. The third-order valence-corrected chi connectivity index (χ3v) is 7.62. The minimum Gasteiger partial charge on any atom is -0.371 e. The molecule has 2 fully saturated rings. The van der Waals surface area contributed by atoms with Crippen LogP contribution in [-0.2, 0) is 29.1 Å². The molecule has 0 N–H and O–H groups in total. The summed E-state index contributed by atoms with van der Waals surface area (Å²) in [6.45, 7) is 1.81. The summed E-state index contributed by atoms with van der Waals surface area (Å²) >= 11 is 5.65. The van der Waals surface area contributed by atoms with Crippen LogP contribution in [0.15, 0.2) is 14.4 Å². The molecule has 0 amide bonds. The fraction of sp³-hybridized carbons (Fsp3) is 0.824. The number of ether oxygens (including phenoxy) is 2. The van der Waals surface area contributed by atoms with Crippen molar-refractivity contribution in [3.05, 3.63) is 31.5 Å². The molecule has 2 aliphatic rings. The summed E-state index contributed by atoms with van der Waals surface area (Å²) in [5, 5.41) is 0. The van der Waals surface area contributed by atoms with Crippen molar-refractivity contribution in [1.82, 2.24) is 13.7 Å². The van der Waals surface area contributed by atoms with Crippen molar-refractivity contribution >= 4 is 35.3 Å². The average molecular weight is 450 g/mol. The molecule has 1 aromatic heterocycles. The first-order valence-electron chi connectivity index (χ1n) is 9.44. The molecule has 0 aromatic carbocycles. The smallest absolute Gasteiger partial charge is 0.336 e. The van der Waals surface area contributed by atoms with Crippen LogP contribution >= 0.6 is 35.3 Å². The zero-order valence-electron chi connectivity index (χ0n) is 16.0. The second-order valence-electron chi connectivity index (χ2n) is 6.70. The van der Waals surface area contributed by atoms with Crippen molar-refractivity contribution in [2.24, 2.45) is 0 Å². The van der Waals surface area contributed by atoms with Crippen LogP contribution in [0.2, 0.25) is 0 Å². The molecular weight excluding hydrogens is 422 g/mol. The maximum Gasteiger partial charge on any atom is 0.336 e. The highest BCUT2D eigenvalue weighted by molar-refractivity contribution is 8.04. The predicted molar refractivity (Wildman–Crippen MR) is 116 cm³/mol. The lowest BCUT2D eigenvalue weighted by atomic mass is 10.4. The van der Waals surface area contributed by atoms with E-state index in [1.54, 1.807) is 0 Å². The van der Waals surface area contributed by atoms with Gasteiger partial charge in [0.25, 0.3) is 0 Å². The van der Waals surface area contributed by atoms with Crippen molar-refractivity contribution in [2.75, 3.05) is 48.2 Å². The second-order valence-corrected chi connectivity index (χ2v) is 10.1. The van der Waals surface area contributed by atoms with E-state index in [4.69, 9.17) is 9.47 Å². The topological polar surface area (TPSA) is 91.1 Å². The highest BCUT2D eigenvalue weighted by Gasteiger charge is 2.29. The molecule has 0 radical (unpaired) electrons. The van der Waals surface area contributed by atoms with Crippen LogP contribution in [0, 0.1) is 0 Å². The zero-order chi connectivity index (χ0) is 19.9. The maximum absolute atomic E-state index is 12.7. The van der Waals surface area contributed by atoms with Gasteiger partial charge in [-0.1, -0.05) is 0 Å². The Kier molecular flexibility index (Phi) is 8.64. The number of rotatable bonds is 14. The fourth-order valence-electron chi connectivity index (χ4n) is 2.73. The first-order chi connectivity index (χ1) is 13.6.